The minimum absolute atomic E-state index is 0.806. The molecule has 0 saturated carbocycles. The summed E-state index contributed by atoms with van der Waals surface area (Å²) in [5.41, 5.74) is 2.38. The Bertz CT molecular complexity index is 490. The highest BCUT2D eigenvalue weighted by atomic mass is 16.3. The van der Waals surface area contributed by atoms with E-state index in [1.54, 1.807) is 6.26 Å². The molecule has 0 radical (unpaired) electrons. The molecule has 2 rings (SSSR count). The first-order chi connectivity index (χ1) is 8.70. The second-order valence-corrected chi connectivity index (χ2v) is 4.41. The van der Waals surface area contributed by atoms with E-state index in [1.165, 1.54) is 11.1 Å². The van der Waals surface area contributed by atoms with Crippen LogP contribution in [-0.2, 0) is 13.1 Å². The fraction of sp³-hybridized carbons (Fsp3) is 0.357. The van der Waals surface area contributed by atoms with Gasteiger partial charge < -0.3 is 14.6 Å². The van der Waals surface area contributed by atoms with Crippen molar-refractivity contribution < 1.29 is 4.42 Å². The lowest BCUT2D eigenvalue weighted by Gasteiger charge is -2.17. The highest BCUT2D eigenvalue weighted by Gasteiger charge is 2.07. The molecule has 4 nitrogen and oxygen atoms in total. The van der Waals surface area contributed by atoms with Crippen molar-refractivity contribution in [2.24, 2.45) is 0 Å². The number of nitrogens with one attached hydrogen (secondary N) is 1. The van der Waals surface area contributed by atoms with Gasteiger partial charge in [-0.1, -0.05) is 6.07 Å². The Labute approximate surface area is 108 Å². The fourth-order valence-electron chi connectivity index (χ4n) is 1.86. The molecule has 0 atom stereocenters. The minimum atomic E-state index is 0.806. The topological polar surface area (TPSA) is 41.3 Å². The third-order valence-electron chi connectivity index (χ3n) is 2.95. The van der Waals surface area contributed by atoms with E-state index < -0.39 is 0 Å². The Hall–Kier alpha value is -1.81. The lowest BCUT2D eigenvalue weighted by atomic mass is 10.2. The van der Waals surface area contributed by atoms with E-state index in [0.717, 1.165) is 24.7 Å². The van der Waals surface area contributed by atoms with Crippen molar-refractivity contribution in [3.63, 3.8) is 0 Å². The average molecular weight is 245 g/mol. The molecule has 2 heterocycles. The Morgan fingerprint density at radius 2 is 2.17 bits per heavy atom. The average Bonchev–Trinajstić information content (AvgIpc) is 2.76. The summed E-state index contributed by atoms with van der Waals surface area (Å²) >= 11 is 0. The van der Waals surface area contributed by atoms with Crippen molar-refractivity contribution in [3.8, 4) is 0 Å². The number of rotatable bonds is 5. The Kier molecular flexibility index (Phi) is 3.99. The number of hydrogen-bond donors (Lipinski definition) is 1. The van der Waals surface area contributed by atoms with Crippen molar-refractivity contribution in [1.82, 2.24) is 10.3 Å². The lowest BCUT2D eigenvalue weighted by Crippen LogP contribution is -2.18. The zero-order valence-corrected chi connectivity index (χ0v) is 11.1. The number of hydrogen-bond acceptors (Lipinski definition) is 4. The van der Waals surface area contributed by atoms with E-state index in [-0.39, 0.29) is 0 Å². The molecule has 0 unspecified atom stereocenters. The third kappa shape index (κ3) is 2.90. The van der Waals surface area contributed by atoms with E-state index in [1.807, 2.05) is 39.3 Å². The van der Waals surface area contributed by atoms with E-state index in [4.69, 9.17) is 4.42 Å². The van der Waals surface area contributed by atoms with Gasteiger partial charge in [-0.15, -0.1) is 0 Å². The largest absolute Gasteiger partial charge is 0.469 e. The summed E-state index contributed by atoms with van der Waals surface area (Å²) in [6.07, 6.45) is 3.63. The number of aryl methyl sites for hydroxylation is 1. The van der Waals surface area contributed by atoms with Crippen LogP contribution in [0.15, 0.2) is 35.1 Å². The van der Waals surface area contributed by atoms with Gasteiger partial charge in [0.25, 0.3) is 0 Å². The van der Waals surface area contributed by atoms with Crippen molar-refractivity contribution >= 4 is 5.82 Å². The second-order valence-electron chi connectivity index (χ2n) is 4.41. The molecule has 96 valence electrons. The van der Waals surface area contributed by atoms with Gasteiger partial charge in [0.05, 0.1) is 6.26 Å². The van der Waals surface area contributed by atoms with Crippen LogP contribution >= 0.6 is 0 Å². The van der Waals surface area contributed by atoms with E-state index >= 15 is 0 Å². The van der Waals surface area contributed by atoms with Gasteiger partial charge in [-0.25, -0.2) is 4.98 Å². The Morgan fingerprint density at radius 1 is 1.33 bits per heavy atom. The molecule has 1 N–H and O–H groups in total. The molecule has 0 amide bonds. The van der Waals surface area contributed by atoms with Gasteiger partial charge in [0.2, 0.25) is 0 Å². The molecule has 2 aromatic rings. The summed E-state index contributed by atoms with van der Waals surface area (Å²) in [7, 11) is 3.97. The minimum Gasteiger partial charge on any atom is -0.469 e. The van der Waals surface area contributed by atoms with Crippen LogP contribution in [0.3, 0.4) is 0 Å². The van der Waals surface area contributed by atoms with Crippen LogP contribution < -0.4 is 10.2 Å². The smallest absolute Gasteiger partial charge is 0.128 e. The molecule has 4 heteroatoms. The molecular weight excluding hydrogens is 226 g/mol. The first kappa shape index (κ1) is 12.6. The molecule has 0 aliphatic heterocycles. The molecule has 0 saturated heterocycles. The normalized spacial score (nSPS) is 10.6. The van der Waals surface area contributed by atoms with Gasteiger partial charge in [-0.05, 0) is 31.7 Å². The standard InChI is InChI=1S/C14H19N3O/c1-11-13(6-7-18-11)10-17(3)14-5-4-12(8-15-2)9-16-14/h4-7,9,15H,8,10H2,1-3H3. The number of nitrogens with zero attached hydrogens (tertiary/aromatic N) is 2. The SMILES string of the molecule is CNCc1ccc(N(C)Cc2ccoc2C)nc1. The maximum absolute atomic E-state index is 5.30. The maximum atomic E-state index is 5.30. The van der Waals surface area contributed by atoms with Gasteiger partial charge in [-0.3, -0.25) is 0 Å². The van der Waals surface area contributed by atoms with Crippen molar-refractivity contribution in [2.75, 3.05) is 19.0 Å². The summed E-state index contributed by atoms with van der Waals surface area (Å²) in [5.74, 6) is 1.93. The molecule has 2 aromatic heterocycles. The summed E-state index contributed by atoms with van der Waals surface area (Å²) in [6.45, 7) is 3.63. The molecule has 0 aliphatic carbocycles. The highest BCUT2D eigenvalue weighted by molar-refractivity contribution is 5.39. The van der Waals surface area contributed by atoms with Gasteiger partial charge in [0, 0.05) is 31.9 Å². The van der Waals surface area contributed by atoms with Gasteiger partial charge in [-0.2, -0.15) is 0 Å². The molecular formula is C14H19N3O. The summed E-state index contributed by atoms with van der Waals surface area (Å²) < 4.78 is 5.30. The molecule has 0 spiro atoms. The molecule has 0 fully saturated rings. The van der Waals surface area contributed by atoms with Crippen LogP contribution in [0.1, 0.15) is 16.9 Å². The van der Waals surface area contributed by atoms with Crippen LogP contribution in [-0.4, -0.2) is 19.1 Å². The summed E-state index contributed by atoms with van der Waals surface area (Å²) in [4.78, 5) is 6.57. The molecule has 0 bridgehead atoms. The number of furan rings is 1. The van der Waals surface area contributed by atoms with E-state index in [9.17, 15) is 0 Å². The maximum Gasteiger partial charge on any atom is 0.128 e. The predicted octanol–water partition coefficient (Wildman–Crippen LogP) is 2.34. The van der Waals surface area contributed by atoms with Crippen LogP contribution in [0, 0.1) is 6.92 Å². The zero-order chi connectivity index (χ0) is 13.0. The van der Waals surface area contributed by atoms with E-state index in [0.29, 0.717) is 0 Å². The van der Waals surface area contributed by atoms with Crippen LogP contribution in [0.4, 0.5) is 5.82 Å². The highest BCUT2D eigenvalue weighted by Crippen LogP contribution is 2.16. The first-order valence-corrected chi connectivity index (χ1v) is 6.04. The summed E-state index contributed by atoms with van der Waals surface area (Å²) in [6, 6.07) is 6.14. The quantitative estimate of drug-likeness (QED) is 0.878. The number of anilines is 1. The van der Waals surface area contributed by atoms with Gasteiger partial charge in [0.15, 0.2) is 0 Å². The first-order valence-electron chi connectivity index (χ1n) is 6.04. The number of aromatic nitrogens is 1. The molecule has 18 heavy (non-hydrogen) atoms. The Balaban J connectivity index is 2.04. The van der Waals surface area contributed by atoms with Crippen LogP contribution in [0.2, 0.25) is 0 Å². The zero-order valence-electron chi connectivity index (χ0n) is 11.1. The van der Waals surface area contributed by atoms with Crippen LogP contribution in [0.25, 0.3) is 0 Å². The number of pyridine rings is 1. The Morgan fingerprint density at radius 3 is 2.72 bits per heavy atom. The fourth-order valence-corrected chi connectivity index (χ4v) is 1.86. The second kappa shape index (κ2) is 5.69. The molecule has 0 aliphatic rings. The van der Waals surface area contributed by atoms with Crippen molar-refractivity contribution in [3.05, 3.63) is 47.5 Å². The molecule has 0 aromatic carbocycles. The lowest BCUT2D eigenvalue weighted by molar-refractivity contribution is 0.529. The van der Waals surface area contributed by atoms with Gasteiger partial charge >= 0.3 is 0 Å². The van der Waals surface area contributed by atoms with E-state index in [2.05, 4.69) is 21.3 Å². The van der Waals surface area contributed by atoms with Crippen molar-refractivity contribution in [1.29, 1.82) is 0 Å². The van der Waals surface area contributed by atoms with Crippen molar-refractivity contribution in [2.45, 2.75) is 20.0 Å². The summed E-state index contributed by atoms with van der Waals surface area (Å²) in [5, 5.41) is 3.11. The predicted molar refractivity (Wildman–Crippen MR) is 72.6 cm³/mol. The third-order valence-corrected chi connectivity index (χ3v) is 2.95. The van der Waals surface area contributed by atoms with Gasteiger partial charge in [0.1, 0.15) is 11.6 Å². The van der Waals surface area contributed by atoms with Crippen LogP contribution in [0.5, 0.6) is 0 Å². The monoisotopic (exact) mass is 245 g/mol.